The van der Waals surface area contributed by atoms with E-state index in [0.29, 0.717) is 12.6 Å². The highest BCUT2D eigenvalue weighted by Crippen LogP contribution is 2.53. The summed E-state index contributed by atoms with van der Waals surface area (Å²) in [5, 5.41) is 7.02. The third-order valence-electron chi connectivity index (χ3n) is 6.04. The average Bonchev–Trinajstić information content (AvgIpc) is 2.85. The lowest BCUT2D eigenvalue weighted by molar-refractivity contribution is -0.157. The molecule has 1 aromatic carbocycles. The van der Waals surface area contributed by atoms with Crippen LogP contribution in [0.3, 0.4) is 0 Å². The van der Waals surface area contributed by atoms with E-state index in [0.717, 1.165) is 37.4 Å². The van der Waals surface area contributed by atoms with Crippen LogP contribution in [0.25, 0.3) is 0 Å². The number of rotatable bonds is 7. The second kappa shape index (κ2) is 8.56. The van der Waals surface area contributed by atoms with Crippen LogP contribution in [0.2, 0.25) is 0 Å². The van der Waals surface area contributed by atoms with Gasteiger partial charge in [-0.2, -0.15) is 16.9 Å². The fourth-order valence-corrected chi connectivity index (χ4v) is 4.98. The lowest BCUT2D eigenvalue weighted by atomic mass is 9.79. The average molecular weight is 403 g/mol. The maximum atomic E-state index is 7.52. The number of ether oxygens (including phenoxy) is 1. The van der Waals surface area contributed by atoms with E-state index >= 15 is 0 Å². The Balaban J connectivity index is 1.72. The van der Waals surface area contributed by atoms with Crippen LogP contribution in [0.5, 0.6) is 0 Å². The molecule has 0 bridgehead atoms. The van der Waals surface area contributed by atoms with Crippen molar-refractivity contribution in [2.45, 2.75) is 57.8 Å². The van der Waals surface area contributed by atoms with Crippen molar-refractivity contribution >= 4 is 11.8 Å². The van der Waals surface area contributed by atoms with Gasteiger partial charge in [-0.15, -0.1) is 0 Å². The van der Waals surface area contributed by atoms with E-state index in [1.54, 1.807) is 0 Å². The standard InChI is InChI=1S/C22H34N4OS/c1-16-6-7-19-20(12-16)22(27-21(19,3)4)8-10-26(17(2)13-22)15-18(25-23)14-24-9-11-28-5/h6-7,12,14,17,23-24H,8-11,13,15H2,1-5H3/b18-14-,25-23?/t17-,22?/m0/s1. The molecule has 2 atom stereocenters. The van der Waals surface area contributed by atoms with Gasteiger partial charge in [-0.1, -0.05) is 23.8 Å². The summed E-state index contributed by atoms with van der Waals surface area (Å²) < 4.78 is 6.73. The largest absolute Gasteiger partial charge is 0.389 e. The molecule has 1 saturated heterocycles. The molecule has 0 saturated carbocycles. The molecule has 1 spiro atoms. The van der Waals surface area contributed by atoms with Crippen LogP contribution in [-0.2, 0) is 15.9 Å². The summed E-state index contributed by atoms with van der Waals surface area (Å²) in [6.07, 6.45) is 5.94. The summed E-state index contributed by atoms with van der Waals surface area (Å²) in [6.45, 7) is 11.4. The van der Waals surface area contributed by atoms with Gasteiger partial charge >= 0.3 is 0 Å². The predicted molar refractivity (Wildman–Crippen MR) is 117 cm³/mol. The van der Waals surface area contributed by atoms with Gasteiger partial charge in [-0.25, -0.2) is 5.53 Å². The maximum Gasteiger partial charge on any atom is 0.0974 e. The van der Waals surface area contributed by atoms with Crippen LogP contribution < -0.4 is 5.32 Å². The van der Waals surface area contributed by atoms with Gasteiger partial charge in [-0.3, -0.25) is 4.90 Å². The van der Waals surface area contributed by atoms with Crippen molar-refractivity contribution in [1.82, 2.24) is 10.2 Å². The zero-order valence-electron chi connectivity index (χ0n) is 17.8. The number of nitrogens with one attached hydrogen (secondary N) is 2. The Morgan fingerprint density at radius 3 is 2.89 bits per heavy atom. The van der Waals surface area contributed by atoms with Crippen molar-refractivity contribution in [3.05, 3.63) is 46.8 Å². The number of nitrogens with zero attached hydrogens (tertiary/aromatic N) is 2. The minimum absolute atomic E-state index is 0.195. The van der Waals surface area contributed by atoms with Crippen LogP contribution >= 0.6 is 11.8 Å². The molecule has 6 heteroatoms. The van der Waals surface area contributed by atoms with Gasteiger partial charge in [0.05, 0.1) is 16.9 Å². The molecule has 154 valence electrons. The number of piperidine rings is 1. The van der Waals surface area contributed by atoms with Gasteiger partial charge in [0.1, 0.15) is 0 Å². The maximum absolute atomic E-state index is 7.52. The molecule has 2 heterocycles. The van der Waals surface area contributed by atoms with E-state index in [4.69, 9.17) is 10.3 Å². The second-order valence-electron chi connectivity index (χ2n) is 8.62. The van der Waals surface area contributed by atoms with Gasteiger partial charge in [0.2, 0.25) is 0 Å². The molecule has 1 aromatic rings. The smallest absolute Gasteiger partial charge is 0.0974 e. The fraction of sp³-hybridized carbons (Fsp3) is 0.636. The summed E-state index contributed by atoms with van der Waals surface area (Å²) in [5.74, 6) is 1.05. The molecule has 28 heavy (non-hydrogen) atoms. The Hall–Kier alpha value is -1.37. The van der Waals surface area contributed by atoms with Crippen molar-refractivity contribution in [1.29, 1.82) is 5.53 Å². The zero-order valence-corrected chi connectivity index (χ0v) is 18.7. The molecule has 2 aliphatic rings. The molecule has 0 aliphatic carbocycles. The van der Waals surface area contributed by atoms with Crippen LogP contribution in [0.1, 0.15) is 50.3 Å². The summed E-state index contributed by atoms with van der Waals surface area (Å²) in [4.78, 5) is 2.43. The molecule has 2 aliphatic heterocycles. The van der Waals surface area contributed by atoms with Crippen molar-refractivity contribution in [3.63, 3.8) is 0 Å². The lowest BCUT2D eigenvalue weighted by Gasteiger charge is -2.44. The Kier molecular flexibility index (Phi) is 6.52. The first-order valence-corrected chi connectivity index (χ1v) is 11.6. The first-order chi connectivity index (χ1) is 13.3. The minimum atomic E-state index is -0.242. The third kappa shape index (κ3) is 4.29. The first-order valence-electron chi connectivity index (χ1n) is 10.2. The van der Waals surface area contributed by atoms with Crippen molar-refractivity contribution in [2.75, 3.05) is 31.6 Å². The number of hydrogen-bond donors (Lipinski definition) is 2. The summed E-state index contributed by atoms with van der Waals surface area (Å²) in [5.41, 5.74) is 11.9. The number of aryl methyl sites for hydroxylation is 1. The van der Waals surface area contributed by atoms with E-state index < -0.39 is 0 Å². The van der Waals surface area contributed by atoms with Gasteiger partial charge < -0.3 is 10.1 Å². The topological polar surface area (TPSA) is 60.7 Å². The predicted octanol–water partition coefficient (Wildman–Crippen LogP) is 4.76. The Bertz CT molecular complexity index is 748. The number of thioether (sulfide) groups is 1. The van der Waals surface area contributed by atoms with Gasteiger partial charge in [0.25, 0.3) is 0 Å². The SMILES string of the molecule is CSCCN/C=C(/CN1CCC2(C[C@@H]1C)OC(C)(C)c1ccc(C)cc12)N=N. The second-order valence-corrected chi connectivity index (χ2v) is 9.61. The Morgan fingerprint density at radius 2 is 2.21 bits per heavy atom. The monoisotopic (exact) mass is 402 g/mol. The summed E-state index contributed by atoms with van der Waals surface area (Å²) in [7, 11) is 0. The normalized spacial score (nSPS) is 27.0. The number of hydrogen-bond acceptors (Lipinski definition) is 6. The lowest BCUT2D eigenvalue weighted by Crippen LogP contribution is -2.49. The number of likely N-dealkylation sites (tertiary alicyclic amines) is 1. The summed E-state index contributed by atoms with van der Waals surface area (Å²) >= 11 is 1.81. The van der Waals surface area contributed by atoms with Crippen molar-refractivity contribution in [2.24, 2.45) is 5.11 Å². The molecular weight excluding hydrogens is 368 g/mol. The molecule has 0 amide bonds. The van der Waals surface area contributed by atoms with E-state index in [1.807, 2.05) is 18.0 Å². The van der Waals surface area contributed by atoms with E-state index in [9.17, 15) is 0 Å². The zero-order chi connectivity index (χ0) is 20.4. The Morgan fingerprint density at radius 1 is 1.43 bits per heavy atom. The van der Waals surface area contributed by atoms with Crippen molar-refractivity contribution < 1.29 is 4.74 Å². The van der Waals surface area contributed by atoms with E-state index in [2.05, 4.69) is 67.5 Å². The van der Waals surface area contributed by atoms with Gasteiger partial charge in [0, 0.05) is 37.6 Å². The molecule has 1 unspecified atom stereocenters. The summed E-state index contributed by atoms with van der Waals surface area (Å²) in [6, 6.07) is 7.13. The number of fused-ring (bicyclic) bond motifs is 2. The van der Waals surface area contributed by atoms with Crippen molar-refractivity contribution in [3.8, 4) is 0 Å². The number of benzene rings is 1. The van der Waals surface area contributed by atoms with E-state index in [1.165, 1.54) is 16.7 Å². The molecule has 0 aromatic heterocycles. The molecule has 0 radical (unpaired) electrons. The molecule has 1 fully saturated rings. The fourth-order valence-electron chi connectivity index (χ4n) is 4.66. The van der Waals surface area contributed by atoms with Crippen LogP contribution in [0.4, 0.5) is 0 Å². The van der Waals surface area contributed by atoms with Crippen LogP contribution in [0, 0.1) is 12.5 Å². The van der Waals surface area contributed by atoms with Gasteiger partial charge in [0.15, 0.2) is 0 Å². The van der Waals surface area contributed by atoms with Crippen LogP contribution in [0.15, 0.2) is 35.2 Å². The highest BCUT2D eigenvalue weighted by Gasteiger charge is 2.51. The Labute approximate surface area is 173 Å². The molecule has 2 N–H and O–H groups in total. The molecule has 3 rings (SSSR count). The quantitative estimate of drug-likeness (QED) is 0.510. The third-order valence-corrected chi connectivity index (χ3v) is 6.66. The highest BCUT2D eigenvalue weighted by atomic mass is 32.2. The highest BCUT2D eigenvalue weighted by molar-refractivity contribution is 7.98. The first kappa shape index (κ1) is 21.3. The van der Waals surface area contributed by atoms with Gasteiger partial charge in [-0.05, 0) is 57.9 Å². The molecule has 5 nitrogen and oxygen atoms in total. The van der Waals surface area contributed by atoms with E-state index in [-0.39, 0.29) is 11.2 Å². The minimum Gasteiger partial charge on any atom is -0.389 e. The van der Waals surface area contributed by atoms with Crippen LogP contribution in [-0.4, -0.2) is 42.6 Å². The molecular formula is C22H34N4OS.